The van der Waals surface area contributed by atoms with Gasteiger partial charge in [-0.25, -0.2) is 4.79 Å². The summed E-state index contributed by atoms with van der Waals surface area (Å²) in [6, 6.07) is 11.4. The number of carbonyl (C=O) groups excluding carboxylic acids is 3. The summed E-state index contributed by atoms with van der Waals surface area (Å²) in [6.45, 7) is 1.49. The molecule has 33 heavy (non-hydrogen) atoms. The van der Waals surface area contributed by atoms with E-state index in [1.54, 1.807) is 37.3 Å². The minimum Gasteiger partial charge on any atom is -0.493 e. The van der Waals surface area contributed by atoms with Gasteiger partial charge in [-0.3, -0.25) is 19.3 Å². The molecule has 0 aromatic heterocycles. The second-order valence-corrected chi connectivity index (χ2v) is 7.77. The molecule has 1 saturated heterocycles. The van der Waals surface area contributed by atoms with Crippen molar-refractivity contribution in [2.75, 3.05) is 20.3 Å². The number of carboxylic acid groups (broad SMARTS) is 1. The first-order valence-electron chi connectivity index (χ1n) is 9.86. The lowest BCUT2D eigenvalue weighted by atomic mass is 10.1. The smallest absolute Gasteiger partial charge is 0.335 e. The normalized spacial score (nSPS) is 14.5. The van der Waals surface area contributed by atoms with Gasteiger partial charge in [-0.2, -0.15) is 0 Å². The highest BCUT2D eigenvalue weighted by Gasteiger charge is 2.36. The number of thioether (sulfide) groups is 1. The van der Waals surface area contributed by atoms with Gasteiger partial charge in [-0.05, 0) is 60.2 Å². The van der Waals surface area contributed by atoms with E-state index in [1.807, 2.05) is 0 Å². The zero-order valence-corrected chi connectivity index (χ0v) is 18.7. The molecule has 0 unspecified atom stereocenters. The Bertz CT molecular complexity index is 1130. The largest absolute Gasteiger partial charge is 0.493 e. The topological polar surface area (TPSA) is 119 Å². The van der Waals surface area contributed by atoms with Gasteiger partial charge in [0.1, 0.15) is 13.2 Å². The Morgan fingerprint density at radius 2 is 1.91 bits per heavy atom. The Hall–Kier alpha value is -3.79. The minimum atomic E-state index is -1.02. The van der Waals surface area contributed by atoms with Crippen LogP contribution in [0.15, 0.2) is 47.4 Å². The van der Waals surface area contributed by atoms with E-state index < -0.39 is 29.6 Å². The van der Waals surface area contributed by atoms with E-state index in [4.69, 9.17) is 19.3 Å². The molecule has 0 spiro atoms. The number of aromatic carboxylic acids is 1. The number of hydrogen-bond acceptors (Lipinski definition) is 8. The number of esters is 1. The van der Waals surface area contributed by atoms with Crippen molar-refractivity contribution in [1.82, 2.24) is 4.90 Å². The molecular formula is C23H21NO8S. The Kier molecular flexibility index (Phi) is 7.73. The molecule has 0 radical (unpaired) electrons. The summed E-state index contributed by atoms with van der Waals surface area (Å²) < 4.78 is 15.9. The number of ether oxygens (including phenoxy) is 3. The van der Waals surface area contributed by atoms with Gasteiger partial charge in [-0.15, -0.1) is 0 Å². The Morgan fingerprint density at radius 1 is 1.12 bits per heavy atom. The SMILES string of the molecule is CCOC(=O)CN1C(=O)S/C(=C/c2ccc(OCc3cccc(C(=O)O)c3)c(OC)c2)C1=O. The molecule has 1 aliphatic heterocycles. The third kappa shape index (κ3) is 5.92. The van der Waals surface area contributed by atoms with E-state index in [0.717, 1.165) is 16.7 Å². The maximum atomic E-state index is 12.5. The number of amides is 2. The van der Waals surface area contributed by atoms with Gasteiger partial charge in [0.05, 0.1) is 24.2 Å². The van der Waals surface area contributed by atoms with Crippen LogP contribution in [0.25, 0.3) is 6.08 Å². The molecule has 1 fully saturated rings. The molecule has 2 aromatic carbocycles. The van der Waals surface area contributed by atoms with Crippen LogP contribution >= 0.6 is 11.8 Å². The third-order valence-electron chi connectivity index (χ3n) is 4.52. The van der Waals surface area contributed by atoms with E-state index >= 15 is 0 Å². The minimum absolute atomic E-state index is 0.129. The molecule has 3 rings (SSSR count). The molecule has 0 atom stereocenters. The molecule has 0 saturated carbocycles. The molecule has 1 heterocycles. The highest BCUT2D eigenvalue weighted by molar-refractivity contribution is 8.18. The fourth-order valence-electron chi connectivity index (χ4n) is 2.97. The van der Waals surface area contributed by atoms with Crippen LogP contribution in [0.3, 0.4) is 0 Å². The van der Waals surface area contributed by atoms with Crippen LogP contribution in [0.2, 0.25) is 0 Å². The van der Waals surface area contributed by atoms with Crippen molar-refractivity contribution in [2.45, 2.75) is 13.5 Å². The first-order valence-corrected chi connectivity index (χ1v) is 10.7. The lowest BCUT2D eigenvalue weighted by molar-refractivity contribution is -0.145. The Balaban J connectivity index is 1.73. The van der Waals surface area contributed by atoms with Gasteiger partial charge in [0.15, 0.2) is 11.5 Å². The maximum Gasteiger partial charge on any atom is 0.335 e. The predicted molar refractivity (Wildman–Crippen MR) is 120 cm³/mol. The number of imide groups is 1. The lowest BCUT2D eigenvalue weighted by Gasteiger charge is -2.12. The van der Waals surface area contributed by atoms with Crippen LogP contribution in [0, 0.1) is 0 Å². The lowest BCUT2D eigenvalue weighted by Crippen LogP contribution is -2.34. The Morgan fingerprint density at radius 3 is 2.61 bits per heavy atom. The fraction of sp³-hybridized carbons (Fsp3) is 0.217. The molecule has 9 nitrogen and oxygen atoms in total. The molecule has 0 bridgehead atoms. The second-order valence-electron chi connectivity index (χ2n) is 6.78. The van der Waals surface area contributed by atoms with Crippen molar-refractivity contribution < 1.29 is 38.5 Å². The van der Waals surface area contributed by atoms with E-state index in [2.05, 4.69) is 0 Å². The first kappa shape index (κ1) is 23.9. The molecule has 172 valence electrons. The summed E-state index contributed by atoms with van der Waals surface area (Å²) in [5.74, 6) is -1.44. The van der Waals surface area contributed by atoms with Crippen molar-refractivity contribution in [3.8, 4) is 11.5 Å². The number of rotatable bonds is 9. The third-order valence-corrected chi connectivity index (χ3v) is 5.43. The van der Waals surface area contributed by atoms with Crippen LogP contribution in [0.5, 0.6) is 11.5 Å². The summed E-state index contributed by atoms with van der Waals surface area (Å²) in [5, 5.41) is 8.56. The van der Waals surface area contributed by atoms with Crippen molar-refractivity contribution in [3.63, 3.8) is 0 Å². The summed E-state index contributed by atoms with van der Waals surface area (Å²) in [6.07, 6.45) is 1.53. The average molecular weight is 471 g/mol. The average Bonchev–Trinajstić information content (AvgIpc) is 3.05. The molecule has 0 aliphatic carbocycles. The monoisotopic (exact) mass is 471 g/mol. The molecule has 1 aliphatic rings. The molecule has 10 heteroatoms. The maximum absolute atomic E-state index is 12.5. The number of nitrogens with zero attached hydrogens (tertiary/aromatic N) is 1. The quantitative estimate of drug-likeness (QED) is 0.432. The summed E-state index contributed by atoms with van der Waals surface area (Å²) >= 11 is 0.736. The highest BCUT2D eigenvalue weighted by Crippen LogP contribution is 2.34. The van der Waals surface area contributed by atoms with Crippen LogP contribution in [-0.2, 0) is 20.9 Å². The van der Waals surface area contributed by atoms with E-state index in [9.17, 15) is 19.2 Å². The number of hydrogen-bond donors (Lipinski definition) is 1. The van der Waals surface area contributed by atoms with Crippen LogP contribution in [0.1, 0.15) is 28.4 Å². The molecule has 2 aromatic rings. The van der Waals surface area contributed by atoms with Gasteiger partial charge < -0.3 is 19.3 Å². The van der Waals surface area contributed by atoms with Crippen molar-refractivity contribution in [3.05, 3.63) is 64.1 Å². The highest BCUT2D eigenvalue weighted by atomic mass is 32.2. The number of methoxy groups -OCH3 is 1. The summed E-state index contributed by atoms with van der Waals surface area (Å²) in [5.41, 5.74) is 1.43. The van der Waals surface area contributed by atoms with Crippen LogP contribution < -0.4 is 9.47 Å². The first-order chi connectivity index (χ1) is 15.8. The van der Waals surface area contributed by atoms with Gasteiger partial charge in [-0.1, -0.05) is 18.2 Å². The standard InChI is InChI=1S/C23H21NO8S/c1-3-31-20(25)12-24-21(26)19(33-23(24)29)11-14-7-8-17(18(10-14)30-2)32-13-15-5-4-6-16(9-15)22(27)28/h4-11H,3,12-13H2,1-2H3,(H,27,28)/b19-11+. The van der Waals surface area contributed by atoms with Crippen LogP contribution in [0.4, 0.5) is 4.79 Å². The number of carboxylic acids is 1. The van der Waals surface area contributed by atoms with Crippen molar-refractivity contribution in [1.29, 1.82) is 0 Å². The second kappa shape index (κ2) is 10.7. The van der Waals surface area contributed by atoms with E-state index in [-0.39, 0.29) is 23.7 Å². The van der Waals surface area contributed by atoms with Gasteiger partial charge >= 0.3 is 11.9 Å². The predicted octanol–water partition coefficient (Wildman–Crippen LogP) is 3.57. The van der Waals surface area contributed by atoms with E-state index in [1.165, 1.54) is 25.3 Å². The molecule has 1 N–H and O–H groups in total. The summed E-state index contributed by atoms with van der Waals surface area (Å²) in [7, 11) is 1.46. The number of benzene rings is 2. The zero-order chi connectivity index (χ0) is 24.0. The molecular weight excluding hydrogens is 450 g/mol. The number of carbonyl (C=O) groups is 4. The summed E-state index contributed by atoms with van der Waals surface area (Å²) in [4.78, 5) is 48.4. The van der Waals surface area contributed by atoms with Crippen molar-refractivity contribution in [2.24, 2.45) is 0 Å². The van der Waals surface area contributed by atoms with Gasteiger partial charge in [0.25, 0.3) is 11.1 Å². The Labute approximate surface area is 193 Å². The van der Waals surface area contributed by atoms with E-state index in [0.29, 0.717) is 22.6 Å². The van der Waals surface area contributed by atoms with Gasteiger partial charge in [0, 0.05) is 0 Å². The fourth-order valence-corrected chi connectivity index (χ4v) is 3.81. The van der Waals surface area contributed by atoms with Crippen LogP contribution in [-0.4, -0.2) is 53.4 Å². The molecule has 2 amide bonds. The zero-order valence-electron chi connectivity index (χ0n) is 17.9. The van der Waals surface area contributed by atoms with Gasteiger partial charge in [0.2, 0.25) is 0 Å². The van der Waals surface area contributed by atoms with Crippen molar-refractivity contribution >= 4 is 40.9 Å².